The summed E-state index contributed by atoms with van der Waals surface area (Å²) in [4.78, 5) is 14.7. The second-order valence-electron chi connectivity index (χ2n) is 7.86. The topological polar surface area (TPSA) is 41.6 Å². The lowest BCUT2D eigenvalue weighted by Crippen LogP contribution is -2.15. The van der Waals surface area contributed by atoms with Gasteiger partial charge in [0.15, 0.2) is 0 Å². The van der Waals surface area contributed by atoms with E-state index in [1.54, 1.807) is 6.07 Å². The molecule has 0 spiro atoms. The van der Waals surface area contributed by atoms with E-state index in [0.717, 1.165) is 41.0 Å². The van der Waals surface area contributed by atoms with Gasteiger partial charge in [0, 0.05) is 23.2 Å². The minimum absolute atomic E-state index is 0.219. The Balaban J connectivity index is 1.69. The zero-order valence-corrected chi connectivity index (χ0v) is 17.5. The molecule has 1 N–H and O–H groups in total. The Morgan fingerprint density at radius 3 is 2.70 bits per heavy atom. The molecule has 154 valence electrons. The molecular weight excluding hydrogens is 379 g/mol. The lowest BCUT2D eigenvalue weighted by molar-refractivity contribution is -0.110. The minimum atomic E-state index is -0.368. The van der Waals surface area contributed by atoms with E-state index in [1.165, 1.54) is 12.1 Å². The number of aryl methyl sites for hydroxylation is 1. The van der Waals surface area contributed by atoms with Gasteiger partial charge in [-0.25, -0.2) is 4.39 Å². The van der Waals surface area contributed by atoms with Crippen LogP contribution < -0.4 is 10.1 Å². The van der Waals surface area contributed by atoms with Crippen LogP contribution in [0, 0.1) is 12.7 Å². The molecule has 0 saturated heterocycles. The number of hydrogen-bond donors (Lipinski definition) is 1. The van der Waals surface area contributed by atoms with Crippen LogP contribution in [-0.2, 0) is 4.79 Å². The molecule has 0 fully saturated rings. The van der Waals surface area contributed by atoms with Gasteiger partial charge in [0.1, 0.15) is 11.6 Å². The van der Waals surface area contributed by atoms with Crippen LogP contribution in [0.15, 0.2) is 48.5 Å². The van der Waals surface area contributed by atoms with Crippen LogP contribution in [0.25, 0.3) is 22.8 Å². The summed E-state index contributed by atoms with van der Waals surface area (Å²) in [5, 5.41) is 2.75. The first kappa shape index (κ1) is 20.1. The number of anilines is 1. The summed E-state index contributed by atoms with van der Waals surface area (Å²) in [6, 6.07) is 14.4. The molecule has 1 amide bonds. The highest BCUT2D eigenvalue weighted by Crippen LogP contribution is 2.41. The molecule has 0 bridgehead atoms. The molecule has 3 aliphatic rings. The number of halogens is 1. The van der Waals surface area contributed by atoms with E-state index in [0.29, 0.717) is 23.4 Å². The van der Waals surface area contributed by atoms with Gasteiger partial charge < -0.3 is 15.0 Å². The fourth-order valence-electron chi connectivity index (χ4n) is 3.89. The summed E-state index contributed by atoms with van der Waals surface area (Å²) >= 11 is 0. The molecule has 0 atom stereocenters. The molecule has 1 heterocycles. The van der Waals surface area contributed by atoms with Crippen molar-refractivity contribution < 1.29 is 13.9 Å². The SMILES string of the molecule is Cc1cc(C=C2C(=O)Nc3cc(F)ccc32)c2ccccc(OCCCN(C)C)c1-2. The Labute approximate surface area is 176 Å². The smallest absolute Gasteiger partial charge is 0.256 e. The maximum atomic E-state index is 13.5. The van der Waals surface area contributed by atoms with Crippen molar-refractivity contribution in [2.45, 2.75) is 13.3 Å². The molecule has 0 unspecified atom stereocenters. The van der Waals surface area contributed by atoms with Crippen LogP contribution in [-0.4, -0.2) is 38.1 Å². The third-order valence-corrected chi connectivity index (χ3v) is 5.29. The summed E-state index contributed by atoms with van der Waals surface area (Å²) in [5.74, 6) is 0.255. The number of hydrogen-bond acceptors (Lipinski definition) is 3. The Hall–Kier alpha value is -3.18. The number of rotatable bonds is 6. The van der Waals surface area contributed by atoms with Gasteiger partial charge in [-0.1, -0.05) is 24.3 Å². The van der Waals surface area contributed by atoms with E-state index in [1.807, 2.05) is 44.4 Å². The average molecular weight is 404 g/mol. The summed E-state index contributed by atoms with van der Waals surface area (Å²) in [6.45, 7) is 3.66. The van der Waals surface area contributed by atoms with Crippen LogP contribution >= 0.6 is 0 Å². The predicted molar refractivity (Wildman–Crippen MR) is 119 cm³/mol. The fourth-order valence-corrected chi connectivity index (χ4v) is 3.89. The first-order chi connectivity index (χ1) is 14.4. The fraction of sp³-hybridized carbons (Fsp3) is 0.240. The van der Waals surface area contributed by atoms with Crippen molar-refractivity contribution in [2.75, 3.05) is 32.6 Å². The Kier molecular flexibility index (Phi) is 5.55. The number of carbonyl (C=O) groups excluding carboxylic acids is 1. The van der Waals surface area contributed by atoms with Crippen molar-refractivity contribution >= 4 is 23.2 Å². The molecule has 1 aliphatic heterocycles. The number of ether oxygens (including phenoxy) is 1. The van der Waals surface area contributed by atoms with Gasteiger partial charge >= 0.3 is 0 Å². The van der Waals surface area contributed by atoms with Crippen LogP contribution in [0.3, 0.4) is 0 Å². The zero-order chi connectivity index (χ0) is 21.3. The minimum Gasteiger partial charge on any atom is -0.493 e. The molecule has 4 nitrogen and oxygen atoms in total. The first-order valence-electron chi connectivity index (χ1n) is 10.1. The van der Waals surface area contributed by atoms with Crippen molar-refractivity contribution in [3.8, 4) is 16.9 Å². The van der Waals surface area contributed by atoms with Crippen molar-refractivity contribution in [2.24, 2.45) is 0 Å². The molecule has 0 radical (unpaired) electrons. The standard InChI is InChI=1S/C25H25FN2O2/c1-16-13-17(14-21-20-10-9-18(26)15-22(20)27-25(21)29)19-7-4-5-8-23(24(16)19)30-12-6-11-28(2)3/h4-5,7-10,13-15H,6,11-12H2,1-3H3,(H,27,29). The van der Waals surface area contributed by atoms with Crippen LogP contribution in [0.2, 0.25) is 0 Å². The van der Waals surface area contributed by atoms with Crippen LogP contribution in [0.5, 0.6) is 5.75 Å². The van der Waals surface area contributed by atoms with Gasteiger partial charge in [0.2, 0.25) is 0 Å². The monoisotopic (exact) mass is 404 g/mol. The maximum absolute atomic E-state index is 13.5. The van der Waals surface area contributed by atoms with Gasteiger partial charge in [-0.05, 0) is 74.5 Å². The molecule has 0 saturated carbocycles. The maximum Gasteiger partial charge on any atom is 0.256 e. The summed E-state index contributed by atoms with van der Waals surface area (Å²) in [5.41, 5.74) is 5.87. The van der Waals surface area contributed by atoms with E-state index < -0.39 is 0 Å². The summed E-state index contributed by atoms with van der Waals surface area (Å²) in [7, 11) is 4.10. The van der Waals surface area contributed by atoms with Crippen molar-refractivity contribution in [1.29, 1.82) is 0 Å². The van der Waals surface area contributed by atoms with Crippen LogP contribution in [0.4, 0.5) is 10.1 Å². The molecule has 4 rings (SSSR count). The third kappa shape index (κ3) is 3.94. The molecule has 1 aromatic rings. The number of benzene rings is 1. The van der Waals surface area contributed by atoms with E-state index in [9.17, 15) is 9.18 Å². The van der Waals surface area contributed by atoms with E-state index >= 15 is 0 Å². The lowest BCUT2D eigenvalue weighted by Gasteiger charge is -2.12. The molecule has 0 aromatic heterocycles. The number of amides is 1. The Bertz CT molecular complexity index is 1100. The highest BCUT2D eigenvalue weighted by Gasteiger charge is 2.26. The zero-order valence-electron chi connectivity index (χ0n) is 17.5. The Morgan fingerprint density at radius 1 is 1.10 bits per heavy atom. The summed E-state index contributed by atoms with van der Waals surface area (Å²) < 4.78 is 19.6. The first-order valence-corrected chi connectivity index (χ1v) is 10.1. The Morgan fingerprint density at radius 2 is 1.90 bits per heavy atom. The molecule has 1 aromatic carbocycles. The van der Waals surface area contributed by atoms with Crippen molar-refractivity contribution in [3.05, 3.63) is 71.0 Å². The van der Waals surface area contributed by atoms with Crippen molar-refractivity contribution in [3.63, 3.8) is 0 Å². The second-order valence-corrected chi connectivity index (χ2v) is 7.86. The highest BCUT2D eigenvalue weighted by atomic mass is 19.1. The normalized spacial score (nSPS) is 14.4. The van der Waals surface area contributed by atoms with Gasteiger partial charge in [-0.15, -0.1) is 0 Å². The molecule has 2 aliphatic carbocycles. The lowest BCUT2D eigenvalue weighted by atomic mass is 10.0. The number of carbonyl (C=O) groups is 1. The van der Waals surface area contributed by atoms with E-state index in [2.05, 4.69) is 23.2 Å². The summed E-state index contributed by atoms with van der Waals surface area (Å²) in [6.07, 6.45) is 2.82. The van der Waals surface area contributed by atoms with Crippen molar-refractivity contribution in [1.82, 2.24) is 4.90 Å². The highest BCUT2D eigenvalue weighted by molar-refractivity contribution is 6.35. The largest absolute Gasteiger partial charge is 0.493 e. The third-order valence-electron chi connectivity index (χ3n) is 5.29. The number of fused-ring (bicyclic) bond motifs is 2. The van der Waals surface area contributed by atoms with Gasteiger partial charge in [-0.3, -0.25) is 4.79 Å². The number of nitrogens with one attached hydrogen (secondary N) is 1. The second kappa shape index (κ2) is 8.28. The van der Waals surface area contributed by atoms with E-state index in [4.69, 9.17) is 4.74 Å². The average Bonchev–Trinajstić information content (AvgIpc) is 3.06. The van der Waals surface area contributed by atoms with E-state index in [-0.39, 0.29) is 11.7 Å². The molecular formula is C25H25FN2O2. The van der Waals surface area contributed by atoms with Gasteiger partial charge in [0.25, 0.3) is 5.91 Å². The quantitative estimate of drug-likeness (QED) is 0.461. The van der Waals surface area contributed by atoms with Crippen LogP contribution in [0.1, 0.15) is 23.1 Å². The van der Waals surface area contributed by atoms with Gasteiger partial charge in [0.05, 0.1) is 12.3 Å². The molecule has 5 heteroatoms. The predicted octanol–water partition coefficient (Wildman–Crippen LogP) is 5.06. The number of nitrogens with zero attached hydrogens (tertiary/aromatic N) is 1. The molecule has 30 heavy (non-hydrogen) atoms. The van der Waals surface area contributed by atoms with Gasteiger partial charge in [-0.2, -0.15) is 0 Å².